The summed E-state index contributed by atoms with van der Waals surface area (Å²) in [5.41, 5.74) is 0.903. The van der Waals surface area contributed by atoms with Crippen molar-refractivity contribution in [3.63, 3.8) is 0 Å². The highest BCUT2D eigenvalue weighted by atomic mass is 35.5. The molecule has 1 aliphatic heterocycles. The van der Waals surface area contributed by atoms with Gasteiger partial charge in [-0.3, -0.25) is 4.79 Å². The summed E-state index contributed by atoms with van der Waals surface area (Å²) in [6.45, 7) is 1.91. The number of amides is 1. The topological polar surface area (TPSA) is 76.2 Å². The maximum atomic E-state index is 13.1. The van der Waals surface area contributed by atoms with Gasteiger partial charge in [-0.1, -0.05) is 29.8 Å². The number of halogens is 1. The first-order chi connectivity index (χ1) is 13.8. The van der Waals surface area contributed by atoms with Gasteiger partial charge in [-0.15, -0.1) is 0 Å². The van der Waals surface area contributed by atoms with Crippen LogP contribution >= 0.6 is 11.6 Å². The molecule has 0 spiro atoms. The predicted octanol–water partition coefficient (Wildman–Crippen LogP) is 2.64. The lowest BCUT2D eigenvalue weighted by Crippen LogP contribution is -2.40. The molecule has 7 nitrogen and oxygen atoms in total. The van der Waals surface area contributed by atoms with Crippen molar-refractivity contribution in [2.45, 2.75) is 11.4 Å². The number of carbonyl (C=O) groups is 1. The molecule has 1 aliphatic rings. The minimum atomic E-state index is -3.84. The second-order valence-electron chi connectivity index (χ2n) is 6.62. The third-order valence-corrected chi connectivity index (χ3v) is 6.93. The van der Waals surface area contributed by atoms with E-state index in [2.05, 4.69) is 0 Å². The van der Waals surface area contributed by atoms with Gasteiger partial charge in [0.2, 0.25) is 10.0 Å². The number of rotatable bonds is 6. The molecule has 1 heterocycles. The summed E-state index contributed by atoms with van der Waals surface area (Å²) < 4.78 is 38.0. The van der Waals surface area contributed by atoms with Gasteiger partial charge in [0.15, 0.2) is 0 Å². The van der Waals surface area contributed by atoms with E-state index in [1.807, 2.05) is 0 Å². The van der Waals surface area contributed by atoms with Crippen LogP contribution in [-0.4, -0.2) is 64.0 Å². The van der Waals surface area contributed by atoms with Crippen molar-refractivity contribution in [3.8, 4) is 5.75 Å². The van der Waals surface area contributed by atoms with Crippen molar-refractivity contribution in [1.82, 2.24) is 9.21 Å². The van der Waals surface area contributed by atoms with Crippen LogP contribution < -0.4 is 4.74 Å². The fraction of sp³-hybridized carbons (Fsp3) is 0.350. The third-order valence-electron chi connectivity index (χ3n) is 4.76. The minimum absolute atomic E-state index is 0.0180. The number of carbonyl (C=O) groups excluding carboxylic acids is 1. The van der Waals surface area contributed by atoms with E-state index < -0.39 is 10.0 Å². The number of hydrogen-bond donors (Lipinski definition) is 0. The lowest BCUT2D eigenvalue weighted by atomic mass is 10.1. The van der Waals surface area contributed by atoms with Crippen LogP contribution in [0.5, 0.6) is 5.75 Å². The van der Waals surface area contributed by atoms with Crippen molar-refractivity contribution in [1.29, 1.82) is 0 Å². The molecule has 29 heavy (non-hydrogen) atoms. The molecule has 0 saturated carbocycles. The summed E-state index contributed by atoms with van der Waals surface area (Å²) in [7, 11) is -0.916. The minimum Gasteiger partial charge on any atom is -0.496 e. The molecule has 2 aromatic carbocycles. The highest BCUT2D eigenvalue weighted by Gasteiger charge is 2.27. The molecule has 1 amide bonds. The van der Waals surface area contributed by atoms with Gasteiger partial charge in [0.05, 0.1) is 30.8 Å². The zero-order valence-electron chi connectivity index (χ0n) is 16.3. The lowest BCUT2D eigenvalue weighted by molar-refractivity contribution is 0.0300. The maximum absolute atomic E-state index is 13.1. The Morgan fingerprint density at radius 1 is 1.21 bits per heavy atom. The molecule has 0 unspecified atom stereocenters. The van der Waals surface area contributed by atoms with E-state index in [-0.39, 0.29) is 22.9 Å². The molecule has 0 atom stereocenters. The van der Waals surface area contributed by atoms with E-state index >= 15 is 0 Å². The molecule has 2 aromatic rings. The Morgan fingerprint density at radius 2 is 1.90 bits per heavy atom. The van der Waals surface area contributed by atoms with Crippen molar-refractivity contribution in [2.24, 2.45) is 0 Å². The summed E-state index contributed by atoms with van der Waals surface area (Å²) in [6, 6.07) is 11.4. The van der Waals surface area contributed by atoms with Crippen LogP contribution in [0.25, 0.3) is 0 Å². The Morgan fingerprint density at radius 3 is 2.55 bits per heavy atom. The molecule has 0 aliphatic carbocycles. The SMILES string of the molecule is COc1ccc(S(=O)(=O)N(C)Cc2ccccc2Cl)cc1C(=O)N1CCOCC1. The number of hydrogen-bond acceptors (Lipinski definition) is 5. The van der Waals surface area contributed by atoms with Crippen LogP contribution in [0.4, 0.5) is 0 Å². The fourth-order valence-electron chi connectivity index (χ4n) is 3.08. The Hall–Kier alpha value is -2.13. The Labute approximate surface area is 175 Å². The number of methoxy groups -OCH3 is 1. The Kier molecular flexibility index (Phi) is 6.79. The van der Waals surface area contributed by atoms with Crippen LogP contribution in [0.3, 0.4) is 0 Å². The Bertz CT molecular complexity index is 990. The highest BCUT2D eigenvalue weighted by Crippen LogP contribution is 2.27. The van der Waals surface area contributed by atoms with Crippen LogP contribution in [0.1, 0.15) is 15.9 Å². The van der Waals surface area contributed by atoms with Crippen molar-refractivity contribution < 1.29 is 22.7 Å². The average Bonchev–Trinajstić information content (AvgIpc) is 2.74. The molecule has 0 N–H and O–H groups in total. The first-order valence-corrected chi connectivity index (χ1v) is 10.9. The van der Waals surface area contributed by atoms with Crippen LogP contribution in [0.2, 0.25) is 5.02 Å². The summed E-state index contributed by atoms with van der Waals surface area (Å²) in [5, 5.41) is 0.493. The standard InChI is InChI=1S/C20H23ClN2O5S/c1-22(14-15-5-3-4-6-18(15)21)29(25,26)16-7-8-19(27-2)17(13-16)20(24)23-9-11-28-12-10-23/h3-8,13H,9-12,14H2,1-2H3. The monoisotopic (exact) mass is 438 g/mol. The molecule has 0 bridgehead atoms. The zero-order chi connectivity index (χ0) is 21.0. The number of morpholine rings is 1. The molecule has 1 saturated heterocycles. The molecular weight excluding hydrogens is 416 g/mol. The van der Waals surface area contributed by atoms with Gasteiger partial charge in [0.25, 0.3) is 5.91 Å². The van der Waals surface area contributed by atoms with Gasteiger partial charge < -0.3 is 14.4 Å². The number of sulfonamides is 1. The molecule has 0 radical (unpaired) electrons. The van der Waals surface area contributed by atoms with Gasteiger partial charge in [0, 0.05) is 31.7 Å². The normalized spacial score (nSPS) is 14.8. The first kappa shape index (κ1) is 21.6. The summed E-state index contributed by atoms with van der Waals surface area (Å²) in [4.78, 5) is 14.6. The van der Waals surface area contributed by atoms with Gasteiger partial charge in [-0.25, -0.2) is 8.42 Å². The molecule has 156 valence electrons. The maximum Gasteiger partial charge on any atom is 0.257 e. The zero-order valence-corrected chi connectivity index (χ0v) is 17.9. The second-order valence-corrected chi connectivity index (χ2v) is 9.07. The smallest absolute Gasteiger partial charge is 0.257 e. The first-order valence-electron chi connectivity index (χ1n) is 9.09. The molecular formula is C20H23ClN2O5S. The van der Waals surface area contributed by atoms with Crippen LogP contribution in [0, 0.1) is 0 Å². The van der Waals surface area contributed by atoms with Crippen LogP contribution in [0.15, 0.2) is 47.4 Å². The van der Waals surface area contributed by atoms with Crippen molar-refractivity contribution >= 4 is 27.5 Å². The Balaban J connectivity index is 1.90. The van der Waals surface area contributed by atoms with Crippen molar-refractivity contribution in [2.75, 3.05) is 40.5 Å². The summed E-state index contributed by atoms with van der Waals surface area (Å²) in [5.74, 6) is 0.0464. The number of nitrogens with zero attached hydrogens (tertiary/aromatic N) is 2. The summed E-state index contributed by atoms with van der Waals surface area (Å²) in [6.07, 6.45) is 0. The van der Waals surface area contributed by atoms with E-state index in [1.165, 1.54) is 36.7 Å². The van der Waals surface area contributed by atoms with Crippen LogP contribution in [-0.2, 0) is 21.3 Å². The van der Waals surface area contributed by atoms with Gasteiger partial charge in [-0.05, 0) is 29.8 Å². The van der Waals surface area contributed by atoms with E-state index in [4.69, 9.17) is 21.1 Å². The van der Waals surface area contributed by atoms with E-state index in [9.17, 15) is 13.2 Å². The van der Waals surface area contributed by atoms with E-state index in [1.54, 1.807) is 29.2 Å². The van der Waals surface area contributed by atoms with E-state index in [0.29, 0.717) is 42.6 Å². The van der Waals surface area contributed by atoms with Gasteiger partial charge in [0.1, 0.15) is 5.75 Å². The average molecular weight is 439 g/mol. The molecule has 1 fully saturated rings. The molecule has 3 rings (SSSR count). The number of benzene rings is 2. The highest BCUT2D eigenvalue weighted by molar-refractivity contribution is 7.89. The number of ether oxygens (including phenoxy) is 2. The largest absolute Gasteiger partial charge is 0.496 e. The second kappa shape index (κ2) is 9.13. The van der Waals surface area contributed by atoms with Crippen molar-refractivity contribution in [3.05, 3.63) is 58.6 Å². The fourth-order valence-corrected chi connectivity index (χ4v) is 4.45. The third kappa shape index (κ3) is 4.72. The summed E-state index contributed by atoms with van der Waals surface area (Å²) >= 11 is 6.16. The molecule has 9 heteroatoms. The predicted molar refractivity (Wildman–Crippen MR) is 110 cm³/mol. The van der Waals surface area contributed by atoms with Gasteiger partial charge in [-0.2, -0.15) is 4.31 Å². The van der Waals surface area contributed by atoms with E-state index in [0.717, 1.165) is 0 Å². The van der Waals surface area contributed by atoms with Gasteiger partial charge >= 0.3 is 0 Å². The lowest BCUT2D eigenvalue weighted by Gasteiger charge is -2.27. The quantitative estimate of drug-likeness (QED) is 0.693. The molecule has 0 aromatic heterocycles.